The molecule has 2 heterocycles. The summed E-state index contributed by atoms with van der Waals surface area (Å²) in [5.74, 6) is 0.594. The van der Waals surface area contributed by atoms with Crippen molar-refractivity contribution >= 4 is 50.2 Å². The van der Waals surface area contributed by atoms with Crippen molar-refractivity contribution in [3.8, 4) is 17.2 Å². The zero-order chi connectivity index (χ0) is 26.8. The van der Waals surface area contributed by atoms with E-state index in [-0.39, 0.29) is 23.4 Å². The Labute approximate surface area is 225 Å². The summed E-state index contributed by atoms with van der Waals surface area (Å²) in [7, 11) is 1.60. The van der Waals surface area contributed by atoms with Gasteiger partial charge >= 0.3 is 0 Å². The molecule has 11 heteroatoms. The first-order chi connectivity index (χ1) is 18.3. The van der Waals surface area contributed by atoms with Gasteiger partial charge in [-0.05, 0) is 71.2 Å². The highest BCUT2D eigenvalue weighted by atomic mass is 79.9. The van der Waals surface area contributed by atoms with Gasteiger partial charge in [-0.1, -0.05) is 0 Å². The van der Waals surface area contributed by atoms with Gasteiger partial charge in [0.25, 0.3) is 11.6 Å². The van der Waals surface area contributed by atoms with Crippen LogP contribution >= 0.6 is 15.9 Å². The molecule has 38 heavy (non-hydrogen) atoms. The molecule has 194 valence electrons. The molecular formula is C27H23BrN4O6. The third kappa shape index (κ3) is 5.23. The fraction of sp³-hybridized carbons (Fsp3) is 0.222. The molecule has 1 aliphatic rings. The van der Waals surface area contributed by atoms with Gasteiger partial charge in [0.1, 0.15) is 11.3 Å². The first-order valence-electron chi connectivity index (χ1n) is 11.9. The number of oxazole rings is 1. The molecule has 5 rings (SSSR count). The number of amides is 2. The number of hydrogen-bond donors (Lipinski definition) is 1. The van der Waals surface area contributed by atoms with Crippen molar-refractivity contribution in [2.24, 2.45) is 5.92 Å². The number of nitrogens with zero attached hydrogens (tertiary/aromatic N) is 3. The number of benzene rings is 3. The normalized spacial score (nSPS) is 13.9. The molecule has 0 spiro atoms. The van der Waals surface area contributed by atoms with Crippen LogP contribution in [0.3, 0.4) is 0 Å². The molecule has 0 unspecified atom stereocenters. The van der Waals surface area contributed by atoms with Crippen molar-refractivity contribution in [2.45, 2.75) is 12.8 Å². The van der Waals surface area contributed by atoms with E-state index in [1.807, 2.05) is 18.2 Å². The smallest absolute Gasteiger partial charge is 0.269 e. The summed E-state index contributed by atoms with van der Waals surface area (Å²) in [5, 5.41) is 13.8. The lowest BCUT2D eigenvalue weighted by Crippen LogP contribution is -2.41. The summed E-state index contributed by atoms with van der Waals surface area (Å²) >= 11 is 3.52. The van der Waals surface area contributed by atoms with E-state index in [1.165, 1.54) is 24.3 Å². The lowest BCUT2D eigenvalue weighted by atomic mass is 9.95. The maximum Gasteiger partial charge on any atom is 0.269 e. The minimum atomic E-state index is -0.503. The standard InChI is InChI=1S/C27H23BrN4O6/c1-37-20-7-8-21(22(28)15-20)26-30-23-9-4-18(14-24(23)38-26)29-25(33)16-10-12-31(13-11-16)27(34)17-2-5-19(6-3-17)32(35)36/h2-9,14-16H,10-13H2,1H3,(H,29,33). The molecule has 0 bridgehead atoms. The lowest BCUT2D eigenvalue weighted by molar-refractivity contribution is -0.384. The lowest BCUT2D eigenvalue weighted by Gasteiger charge is -2.31. The number of nitrogens with one attached hydrogen (secondary N) is 1. The number of piperidine rings is 1. The van der Waals surface area contributed by atoms with Crippen molar-refractivity contribution in [3.63, 3.8) is 0 Å². The van der Waals surface area contributed by atoms with Gasteiger partial charge in [-0.3, -0.25) is 19.7 Å². The Bertz CT molecular complexity index is 1530. The Balaban J connectivity index is 1.21. The number of fused-ring (bicyclic) bond motifs is 1. The molecule has 2 amide bonds. The number of aromatic nitrogens is 1. The van der Waals surface area contributed by atoms with Gasteiger partial charge < -0.3 is 19.4 Å². The number of methoxy groups -OCH3 is 1. The van der Waals surface area contributed by atoms with Crippen LogP contribution in [0.15, 0.2) is 69.6 Å². The number of nitro groups is 1. The highest BCUT2D eigenvalue weighted by molar-refractivity contribution is 9.10. The number of nitro benzene ring substituents is 1. The summed E-state index contributed by atoms with van der Waals surface area (Å²) in [6, 6.07) is 16.4. The molecule has 10 nitrogen and oxygen atoms in total. The number of hydrogen-bond acceptors (Lipinski definition) is 7. The summed E-state index contributed by atoms with van der Waals surface area (Å²) in [6.07, 6.45) is 1.04. The predicted octanol–water partition coefficient (Wildman–Crippen LogP) is 5.67. The predicted molar refractivity (Wildman–Crippen MR) is 144 cm³/mol. The zero-order valence-corrected chi connectivity index (χ0v) is 21.9. The van der Waals surface area contributed by atoms with Crippen LogP contribution in [0, 0.1) is 16.0 Å². The van der Waals surface area contributed by atoms with Crippen LogP contribution in [0.1, 0.15) is 23.2 Å². The molecule has 1 fully saturated rings. The second-order valence-electron chi connectivity index (χ2n) is 8.91. The van der Waals surface area contributed by atoms with E-state index in [1.54, 1.807) is 30.2 Å². The fourth-order valence-corrected chi connectivity index (χ4v) is 4.94. The van der Waals surface area contributed by atoms with Gasteiger partial charge in [0.15, 0.2) is 5.58 Å². The van der Waals surface area contributed by atoms with Crippen molar-refractivity contribution in [1.82, 2.24) is 9.88 Å². The van der Waals surface area contributed by atoms with Crippen LogP contribution in [-0.2, 0) is 4.79 Å². The third-order valence-corrected chi connectivity index (χ3v) is 7.20. The molecule has 0 aliphatic carbocycles. The largest absolute Gasteiger partial charge is 0.497 e. The van der Waals surface area contributed by atoms with E-state index >= 15 is 0 Å². The van der Waals surface area contributed by atoms with Crippen molar-refractivity contribution < 1.29 is 23.7 Å². The second-order valence-corrected chi connectivity index (χ2v) is 9.76. The van der Waals surface area contributed by atoms with Crippen molar-refractivity contribution in [2.75, 3.05) is 25.5 Å². The first-order valence-corrected chi connectivity index (χ1v) is 12.7. The van der Waals surface area contributed by atoms with E-state index in [9.17, 15) is 19.7 Å². The molecule has 0 radical (unpaired) electrons. The Morgan fingerprint density at radius 3 is 2.50 bits per heavy atom. The Morgan fingerprint density at radius 2 is 1.84 bits per heavy atom. The summed E-state index contributed by atoms with van der Waals surface area (Å²) in [6.45, 7) is 0.851. The van der Waals surface area contributed by atoms with E-state index in [0.717, 1.165) is 10.0 Å². The van der Waals surface area contributed by atoms with Crippen molar-refractivity contribution in [3.05, 3.63) is 80.8 Å². The summed E-state index contributed by atoms with van der Waals surface area (Å²) in [5.41, 5.74) is 2.92. The summed E-state index contributed by atoms with van der Waals surface area (Å²) < 4.78 is 12.0. The van der Waals surface area contributed by atoms with Gasteiger partial charge in [0.05, 0.1) is 17.6 Å². The minimum Gasteiger partial charge on any atom is -0.497 e. The molecule has 1 N–H and O–H groups in total. The number of carbonyl (C=O) groups excluding carboxylic acids is 2. The first kappa shape index (κ1) is 25.4. The van der Waals surface area contributed by atoms with Crippen molar-refractivity contribution in [1.29, 1.82) is 0 Å². The molecule has 0 saturated carbocycles. The SMILES string of the molecule is COc1ccc(-c2nc3ccc(NC(=O)C4CCN(C(=O)c5ccc([N+](=O)[O-])cc5)CC4)cc3o2)c(Br)c1. The van der Waals surface area contributed by atoms with E-state index in [2.05, 4.69) is 26.2 Å². The molecule has 4 aromatic rings. The average Bonchev–Trinajstić information content (AvgIpc) is 3.35. The Kier molecular flexibility index (Phi) is 7.10. The van der Waals surface area contributed by atoms with Gasteiger partial charge in [0, 0.05) is 52.9 Å². The number of carbonyl (C=O) groups is 2. The monoisotopic (exact) mass is 578 g/mol. The molecule has 1 aliphatic heterocycles. The van der Waals surface area contributed by atoms with E-state index in [0.29, 0.717) is 59.9 Å². The van der Waals surface area contributed by atoms with Crippen LogP contribution in [0.2, 0.25) is 0 Å². The van der Waals surface area contributed by atoms with Crippen LogP contribution in [-0.4, -0.2) is 46.8 Å². The average molecular weight is 579 g/mol. The topological polar surface area (TPSA) is 128 Å². The Hall–Kier alpha value is -4.25. The Morgan fingerprint density at radius 1 is 1.11 bits per heavy atom. The molecule has 0 atom stereocenters. The second kappa shape index (κ2) is 10.6. The van der Waals surface area contributed by atoms with Crippen LogP contribution in [0.25, 0.3) is 22.6 Å². The number of rotatable bonds is 6. The highest BCUT2D eigenvalue weighted by Crippen LogP contribution is 2.33. The molecular weight excluding hydrogens is 556 g/mol. The number of non-ortho nitro benzene ring substituents is 1. The van der Waals surface area contributed by atoms with Gasteiger partial charge in [-0.25, -0.2) is 4.98 Å². The highest BCUT2D eigenvalue weighted by Gasteiger charge is 2.28. The van der Waals surface area contributed by atoms with E-state index < -0.39 is 4.92 Å². The van der Waals surface area contributed by atoms with Crippen LogP contribution in [0.5, 0.6) is 5.75 Å². The number of halogens is 1. The molecule has 3 aromatic carbocycles. The third-order valence-electron chi connectivity index (χ3n) is 6.54. The summed E-state index contributed by atoms with van der Waals surface area (Å²) in [4.78, 5) is 42.3. The van der Waals surface area contributed by atoms with Gasteiger partial charge in [0.2, 0.25) is 11.8 Å². The molecule has 1 aromatic heterocycles. The molecule has 1 saturated heterocycles. The van der Waals surface area contributed by atoms with Gasteiger partial charge in [-0.15, -0.1) is 0 Å². The van der Waals surface area contributed by atoms with E-state index in [4.69, 9.17) is 9.15 Å². The van der Waals surface area contributed by atoms with Crippen LogP contribution < -0.4 is 10.1 Å². The fourth-order valence-electron chi connectivity index (χ4n) is 4.41. The van der Waals surface area contributed by atoms with Crippen LogP contribution in [0.4, 0.5) is 11.4 Å². The minimum absolute atomic E-state index is 0.0646. The zero-order valence-electron chi connectivity index (χ0n) is 20.3. The maximum atomic E-state index is 12.9. The number of anilines is 1. The number of likely N-dealkylation sites (tertiary alicyclic amines) is 1. The van der Waals surface area contributed by atoms with Gasteiger partial charge in [-0.2, -0.15) is 0 Å². The number of ether oxygens (including phenoxy) is 1. The quantitative estimate of drug-likeness (QED) is 0.231. The maximum absolute atomic E-state index is 12.9.